The van der Waals surface area contributed by atoms with Crippen LogP contribution in [0.2, 0.25) is 0 Å². The lowest BCUT2D eigenvalue weighted by molar-refractivity contribution is 0.116. The fourth-order valence-corrected chi connectivity index (χ4v) is 2.44. The standard InChI is InChI=1S/C13H16N2O/c1-15-7-4-10-8-11(2-3-12(10)15)13(5-6-13)9-16-14/h2-4,7-8H,5-6,9,14H2,1H3. The molecule has 0 unspecified atom stereocenters. The summed E-state index contributed by atoms with van der Waals surface area (Å²) in [5.41, 5.74) is 2.82. The first-order valence-corrected chi connectivity index (χ1v) is 5.62. The third kappa shape index (κ3) is 1.36. The molecule has 0 atom stereocenters. The van der Waals surface area contributed by atoms with E-state index in [0.717, 1.165) is 0 Å². The fraction of sp³-hybridized carbons (Fsp3) is 0.385. The van der Waals surface area contributed by atoms with Gasteiger partial charge >= 0.3 is 0 Å². The van der Waals surface area contributed by atoms with Crippen LogP contribution in [0, 0.1) is 0 Å². The Morgan fingerprint density at radius 1 is 1.38 bits per heavy atom. The first-order valence-electron chi connectivity index (χ1n) is 5.62. The predicted octanol–water partition coefficient (Wildman–Crippen LogP) is 2.10. The van der Waals surface area contributed by atoms with E-state index in [0.29, 0.717) is 6.61 Å². The largest absolute Gasteiger partial charge is 0.351 e. The molecular formula is C13H16N2O. The summed E-state index contributed by atoms with van der Waals surface area (Å²) in [4.78, 5) is 4.84. The van der Waals surface area contributed by atoms with Crippen LogP contribution in [0.1, 0.15) is 18.4 Å². The molecule has 16 heavy (non-hydrogen) atoms. The van der Waals surface area contributed by atoms with E-state index < -0.39 is 0 Å². The number of benzene rings is 1. The summed E-state index contributed by atoms with van der Waals surface area (Å²) in [6.45, 7) is 0.630. The molecule has 3 rings (SSSR count). The third-order valence-electron chi connectivity index (χ3n) is 3.71. The molecule has 2 aromatic rings. The van der Waals surface area contributed by atoms with Gasteiger partial charge in [0, 0.05) is 24.2 Å². The molecule has 1 aromatic carbocycles. The van der Waals surface area contributed by atoms with Crippen LogP contribution in [0.25, 0.3) is 10.9 Å². The maximum Gasteiger partial charge on any atom is 0.0775 e. The summed E-state index contributed by atoms with van der Waals surface area (Å²) in [6.07, 6.45) is 4.46. The van der Waals surface area contributed by atoms with Gasteiger partial charge in [0.15, 0.2) is 0 Å². The van der Waals surface area contributed by atoms with Crippen molar-refractivity contribution in [2.75, 3.05) is 6.61 Å². The van der Waals surface area contributed by atoms with Gasteiger partial charge in [0.05, 0.1) is 6.61 Å². The number of aryl methyl sites for hydroxylation is 1. The average molecular weight is 216 g/mol. The smallest absolute Gasteiger partial charge is 0.0775 e. The second-order valence-corrected chi connectivity index (χ2v) is 4.79. The Morgan fingerprint density at radius 2 is 2.19 bits per heavy atom. The van der Waals surface area contributed by atoms with Crippen molar-refractivity contribution in [3.05, 3.63) is 36.0 Å². The highest BCUT2D eigenvalue weighted by Gasteiger charge is 2.44. The summed E-state index contributed by atoms with van der Waals surface area (Å²) in [6, 6.07) is 8.80. The molecule has 0 spiro atoms. The SMILES string of the molecule is Cn1ccc2cc(C3(CON)CC3)ccc21. The molecule has 0 radical (unpaired) electrons. The highest BCUT2D eigenvalue weighted by atomic mass is 16.6. The first kappa shape index (κ1) is 9.87. The molecule has 0 saturated heterocycles. The average Bonchev–Trinajstić information content (AvgIpc) is 2.99. The maximum absolute atomic E-state index is 5.20. The van der Waals surface area contributed by atoms with Gasteiger partial charge in [0.25, 0.3) is 0 Å². The van der Waals surface area contributed by atoms with Crippen LogP contribution in [-0.2, 0) is 17.3 Å². The van der Waals surface area contributed by atoms with Gasteiger partial charge in [0.2, 0.25) is 0 Å². The maximum atomic E-state index is 5.20. The second-order valence-electron chi connectivity index (χ2n) is 4.79. The van der Waals surface area contributed by atoms with Crippen molar-refractivity contribution in [2.45, 2.75) is 18.3 Å². The number of nitrogens with two attached hydrogens (primary N) is 1. The Kier molecular flexibility index (Phi) is 2.06. The molecular weight excluding hydrogens is 200 g/mol. The van der Waals surface area contributed by atoms with Crippen LogP contribution >= 0.6 is 0 Å². The van der Waals surface area contributed by atoms with Gasteiger partial charge in [-0.15, -0.1) is 0 Å². The minimum absolute atomic E-state index is 0.193. The minimum Gasteiger partial charge on any atom is -0.351 e. The summed E-state index contributed by atoms with van der Waals surface area (Å²) >= 11 is 0. The highest BCUT2D eigenvalue weighted by Crippen LogP contribution is 2.48. The number of fused-ring (bicyclic) bond motifs is 1. The summed E-state index contributed by atoms with van der Waals surface area (Å²) in [7, 11) is 2.07. The molecule has 1 aliphatic carbocycles. The topological polar surface area (TPSA) is 40.2 Å². The van der Waals surface area contributed by atoms with E-state index in [9.17, 15) is 0 Å². The molecule has 84 valence electrons. The van der Waals surface area contributed by atoms with Crippen molar-refractivity contribution in [3.63, 3.8) is 0 Å². The molecule has 1 aliphatic rings. The van der Waals surface area contributed by atoms with Crippen LogP contribution in [-0.4, -0.2) is 11.2 Å². The first-order chi connectivity index (χ1) is 7.75. The van der Waals surface area contributed by atoms with E-state index in [1.807, 2.05) is 0 Å². The zero-order valence-electron chi connectivity index (χ0n) is 9.44. The van der Waals surface area contributed by atoms with Crippen molar-refractivity contribution in [1.82, 2.24) is 4.57 Å². The van der Waals surface area contributed by atoms with Crippen LogP contribution in [0.15, 0.2) is 30.5 Å². The van der Waals surface area contributed by atoms with Gasteiger partial charge in [-0.25, -0.2) is 5.90 Å². The predicted molar refractivity (Wildman–Crippen MR) is 64.0 cm³/mol. The van der Waals surface area contributed by atoms with Crippen molar-refractivity contribution in [3.8, 4) is 0 Å². The van der Waals surface area contributed by atoms with Crippen LogP contribution < -0.4 is 5.90 Å². The normalized spacial score (nSPS) is 17.9. The molecule has 3 heteroatoms. The number of nitrogens with zero attached hydrogens (tertiary/aromatic N) is 1. The van der Waals surface area contributed by atoms with Crippen LogP contribution in [0.3, 0.4) is 0 Å². The number of rotatable bonds is 3. The number of hydrogen-bond acceptors (Lipinski definition) is 2. The number of aromatic nitrogens is 1. The molecule has 1 heterocycles. The van der Waals surface area contributed by atoms with E-state index in [2.05, 4.69) is 42.1 Å². The van der Waals surface area contributed by atoms with E-state index in [-0.39, 0.29) is 5.41 Å². The fourth-order valence-electron chi connectivity index (χ4n) is 2.44. The van der Waals surface area contributed by atoms with Crippen molar-refractivity contribution in [2.24, 2.45) is 12.9 Å². The van der Waals surface area contributed by atoms with Gasteiger partial charge in [-0.3, -0.25) is 0 Å². The van der Waals surface area contributed by atoms with Gasteiger partial charge in [-0.2, -0.15) is 0 Å². The van der Waals surface area contributed by atoms with E-state index in [1.165, 1.54) is 29.3 Å². The highest BCUT2D eigenvalue weighted by molar-refractivity contribution is 5.81. The molecule has 1 fully saturated rings. The summed E-state index contributed by atoms with van der Waals surface area (Å²) in [5, 5.41) is 1.29. The van der Waals surface area contributed by atoms with Crippen molar-refractivity contribution >= 4 is 10.9 Å². The molecule has 1 aromatic heterocycles. The lowest BCUT2D eigenvalue weighted by Gasteiger charge is -2.14. The summed E-state index contributed by atoms with van der Waals surface area (Å²) in [5.74, 6) is 5.20. The molecule has 0 aliphatic heterocycles. The van der Waals surface area contributed by atoms with E-state index in [4.69, 9.17) is 10.7 Å². The Hall–Kier alpha value is -1.32. The number of hydrogen-bond donors (Lipinski definition) is 1. The molecule has 0 amide bonds. The lowest BCUT2D eigenvalue weighted by Crippen LogP contribution is -2.17. The van der Waals surface area contributed by atoms with Gasteiger partial charge in [0.1, 0.15) is 0 Å². The van der Waals surface area contributed by atoms with E-state index >= 15 is 0 Å². The zero-order valence-corrected chi connectivity index (χ0v) is 9.44. The third-order valence-corrected chi connectivity index (χ3v) is 3.71. The van der Waals surface area contributed by atoms with Crippen LogP contribution in [0.4, 0.5) is 0 Å². The Balaban J connectivity index is 2.05. The molecule has 2 N–H and O–H groups in total. The van der Waals surface area contributed by atoms with Gasteiger partial charge in [-0.05, 0) is 42.0 Å². The second kappa shape index (κ2) is 3.34. The molecule has 3 nitrogen and oxygen atoms in total. The molecule has 0 bridgehead atoms. The van der Waals surface area contributed by atoms with Crippen molar-refractivity contribution in [1.29, 1.82) is 0 Å². The van der Waals surface area contributed by atoms with Crippen molar-refractivity contribution < 1.29 is 4.84 Å². The van der Waals surface area contributed by atoms with Gasteiger partial charge in [-0.1, -0.05) is 6.07 Å². The van der Waals surface area contributed by atoms with Crippen LogP contribution in [0.5, 0.6) is 0 Å². The monoisotopic (exact) mass is 216 g/mol. The summed E-state index contributed by atoms with van der Waals surface area (Å²) < 4.78 is 2.14. The Bertz CT molecular complexity index is 526. The minimum atomic E-state index is 0.193. The quantitative estimate of drug-likeness (QED) is 0.798. The Morgan fingerprint density at radius 3 is 2.88 bits per heavy atom. The van der Waals surface area contributed by atoms with E-state index in [1.54, 1.807) is 0 Å². The van der Waals surface area contributed by atoms with Gasteiger partial charge < -0.3 is 9.40 Å². The lowest BCUT2D eigenvalue weighted by atomic mass is 9.96. The Labute approximate surface area is 94.8 Å². The zero-order chi connectivity index (χ0) is 11.2. The molecule has 1 saturated carbocycles.